The molecule has 1 aliphatic rings. The summed E-state index contributed by atoms with van der Waals surface area (Å²) < 4.78 is 24.1. The van der Waals surface area contributed by atoms with Crippen LogP contribution < -0.4 is 24.7 Å². The summed E-state index contributed by atoms with van der Waals surface area (Å²) in [5.41, 5.74) is 3.12. The van der Waals surface area contributed by atoms with Gasteiger partial charge >= 0.3 is 0 Å². The summed E-state index contributed by atoms with van der Waals surface area (Å²) in [4.78, 5) is 32.0. The van der Waals surface area contributed by atoms with Crippen molar-refractivity contribution in [2.75, 3.05) is 28.4 Å². The highest BCUT2D eigenvalue weighted by Gasteiger charge is 2.61. The van der Waals surface area contributed by atoms with Crippen LogP contribution >= 0.6 is 0 Å². The van der Waals surface area contributed by atoms with Crippen molar-refractivity contribution in [3.8, 4) is 23.0 Å². The van der Waals surface area contributed by atoms with E-state index >= 15 is 4.79 Å². The standard InChI is InChI=1S/C52H54N2O8/c1-59-42-28-15-11-24-38(42)51(57,39-25-12-16-29-43(39)60-2)46(34-36-20-7-5-8-21-36)54(49(56)50(48(53)55)32-19-33-50)47(35-37-22-9-6-10-23-37)52(58,40-26-13-17-30-44(40)61-3)41-27-14-18-31-45(41)62-4/h5-18,20-31,46-47,57-58H,19,32-35H2,1-4H3,(H2,53,55). The Labute approximate surface area is 363 Å². The number of methoxy groups -OCH3 is 4. The molecule has 1 aliphatic carbocycles. The molecule has 1 fully saturated rings. The normalized spacial score (nSPS) is 14.4. The van der Waals surface area contributed by atoms with E-state index in [9.17, 15) is 15.0 Å². The Morgan fingerprint density at radius 1 is 0.532 bits per heavy atom. The van der Waals surface area contributed by atoms with Gasteiger partial charge in [0.25, 0.3) is 0 Å². The van der Waals surface area contributed by atoms with Gasteiger partial charge in [-0.2, -0.15) is 0 Å². The molecule has 7 rings (SSSR count). The fourth-order valence-electron chi connectivity index (χ4n) is 9.26. The SMILES string of the molecule is COc1ccccc1C(O)(c1ccccc1OC)C(Cc1ccccc1)N(C(=O)C1(C(N)=O)CCC1)C(Cc1ccccc1)C(O)(c1ccccc1OC)c1ccccc1OC. The number of ether oxygens (including phenoxy) is 4. The van der Waals surface area contributed by atoms with Crippen LogP contribution in [0.5, 0.6) is 23.0 Å². The van der Waals surface area contributed by atoms with E-state index < -0.39 is 40.5 Å². The van der Waals surface area contributed by atoms with Gasteiger partial charge < -0.3 is 39.8 Å². The van der Waals surface area contributed by atoms with E-state index in [0.717, 1.165) is 11.1 Å². The molecule has 0 aromatic heterocycles. The number of carbonyl (C=O) groups excluding carboxylic acids is 2. The smallest absolute Gasteiger partial charge is 0.239 e. The second kappa shape index (κ2) is 18.6. The van der Waals surface area contributed by atoms with Gasteiger partial charge in [-0.1, -0.05) is 140 Å². The summed E-state index contributed by atoms with van der Waals surface area (Å²) >= 11 is 0. The minimum atomic E-state index is -2.18. The zero-order valence-electron chi connectivity index (χ0n) is 35.6. The van der Waals surface area contributed by atoms with E-state index in [0.29, 0.717) is 51.7 Å². The molecule has 320 valence electrons. The molecule has 0 bridgehead atoms. The fraction of sp³-hybridized carbons (Fsp3) is 0.269. The first-order valence-electron chi connectivity index (χ1n) is 20.8. The highest BCUT2D eigenvalue weighted by molar-refractivity contribution is 6.05. The average molecular weight is 835 g/mol. The number of nitrogens with two attached hydrogens (primary N) is 1. The Hall–Kier alpha value is -6.62. The van der Waals surface area contributed by atoms with E-state index in [4.69, 9.17) is 24.7 Å². The monoisotopic (exact) mass is 834 g/mol. The van der Waals surface area contributed by atoms with Crippen molar-refractivity contribution in [2.45, 2.75) is 55.4 Å². The number of hydrogen-bond donors (Lipinski definition) is 3. The molecule has 2 amide bonds. The summed E-state index contributed by atoms with van der Waals surface area (Å²) in [6.45, 7) is 0. The van der Waals surface area contributed by atoms with Gasteiger partial charge in [0.15, 0.2) is 0 Å². The van der Waals surface area contributed by atoms with Crippen molar-refractivity contribution < 1.29 is 38.7 Å². The summed E-state index contributed by atoms with van der Waals surface area (Å²) in [6, 6.07) is 44.8. The number of para-hydroxylation sites is 4. The van der Waals surface area contributed by atoms with E-state index in [1.807, 2.05) is 60.7 Å². The van der Waals surface area contributed by atoms with Gasteiger partial charge in [-0.05, 0) is 61.1 Å². The molecule has 2 atom stereocenters. The van der Waals surface area contributed by atoms with Crippen LogP contribution in [0.2, 0.25) is 0 Å². The number of nitrogens with zero attached hydrogens (tertiary/aromatic N) is 1. The Morgan fingerprint density at radius 3 is 1.08 bits per heavy atom. The fourth-order valence-corrected chi connectivity index (χ4v) is 9.26. The van der Waals surface area contributed by atoms with E-state index in [1.165, 1.54) is 28.4 Å². The Morgan fingerprint density at radius 2 is 0.823 bits per heavy atom. The second-order valence-electron chi connectivity index (χ2n) is 15.8. The van der Waals surface area contributed by atoms with E-state index in [2.05, 4.69) is 0 Å². The van der Waals surface area contributed by atoms with Crippen LogP contribution in [0.3, 0.4) is 0 Å². The van der Waals surface area contributed by atoms with Crippen LogP contribution in [0.1, 0.15) is 52.6 Å². The topological polar surface area (TPSA) is 141 Å². The van der Waals surface area contributed by atoms with Gasteiger partial charge in [-0.3, -0.25) is 9.59 Å². The maximum atomic E-state index is 16.5. The van der Waals surface area contributed by atoms with Crippen LogP contribution in [-0.2, 0) is 33.6 Å². The van der Waals surface area contributed by atoms with Gasteiger partial charge in [0.2, 0.25) is 11.8 Å². The van der Waals surface area contributed by atoms with Crippen molar-refractivity contribution in [3.05, 3.63) is 191 Å². The van der Waals surface area contributed by atoms with E-state index in [1.54, 1.807) is 102 Å². The lowest BCUT2D eigenvalue weighted by Gasteiger charge is -2.54. The van der Waals surface area contributed by atoms with Crippen molar-refractivity contribution in [2.24, 2.45) is 11.1 Å². The molecule has 2 unspecified atom stereocenters. The number of benzene rings is 6. The first kappa shape index (κ1) is 43.5. The molecule has 6 aromatic rings. The maximum Gasteiger partial charge on any atom is 0.239 e. The van der Waals surface area contributed by atoms with Crippen LogP contribution in [0.25, 0.3) is 0 Å². The van der Waals surface area contributed by atoms with Crippen molar-refractivity contribution in [1.29, 1.82) is 0 Å². The summed E-state index contributed by atoms with van der Waals surface area (Å²) in [7, 11) is 6.08. The van der Waals surface area contributed by atoms with Gasteiger partial charge in [0.1, 0.15) is 39.6 Å². The van der Waals surface area contributed by atoms with E-state index in [-0.39, 0.29) is 25.7 Å². The zero-order valence-corrected chi connectivity index (χ0v) is 35.6. The number of primary amides is 1. The predicted molar refractivity (Wildman–Crippen MR) is 238 cm³/mol. The maximum absolute atomic E-state index is 16.5. The third-order valence-corrected chi connectivity index (χ3v) is 12.6. The molecule has 0 spiro atoms. The Kier molecular flexibility index (Phi) is 13.0. The van der Waals surface area contributed by atoms with Gasteiger partial charge in [0, 0.05) is 22.3 Å². The molecule has 10 heteroatoms. The minimum Gasteiger partial charge on any atom is -0.496 e. The van der Waals surface area contributed by atoms with Crippen LogP contribution in [-0.4, -0.2) is 67.5 Å². The Bertz CT molecular complexity index is 2230. The molecule has 0 heterocycles. The molecular weight excluding hydrogens is 781 g/mol. The molecular formula is C52H54N2O8. The van der Waals surface area contributed by atoms with Gasteiger partial charge in [-0.15, -0.1) is 0 Å². The highest BCUT2D eigenvalue weighted by Crippen LogP contribution is 2.53. The van der Waals surface area contributed by atoms with Gasteiger partial charge in [-0.25, -0.2) is 0 Å². The van der Waals surface area contributed by atoms with Crippen LogP contribution in [0.15, 0.2) is 158 Å². The lowest BCUT2D eigenvalue weighted by atomic mass is 9.65. The minimum absolute atomic E-state index is 0.0211. The second-order valence-corrected chi connectivity index (χ2v) is 15.8. The first-order valence-corrected chi connectivity index (χ1v) is 20.8. The molecule has 0 aliphatic heterocycles. The first-order chi connectivity index (χ1) is 30.1. The molecule has 10 nitrogen and oxygen atoms in total. The third-order valence-electron chi connectivity index (χ3n) is 12.6. The molecule has 4 N–H and O–H groups in total. The number of rotatable bonds is 18. The molecule has 0 saturated heterocycles. The number of aliphatic hydroxyl groups is 2. The summed E-state index contributed by atoms with van der Waals surface area (Å²) in [5.74, 6) is -0.0720. The van der Waals surface area contributed by atoms with Crippen LogP contribution in [0.4, 0.5) is 0 Å². The largest absolute Gasteiger partial charge is 0.496 e. The zero-order chi connectivity index (χ0) is 43.9. The quantitative estimate of drug-likeness (QED) is 0.0753. The molecule has 6 aromatic carbocycles. The lowest BCUT2D eigenvalue weighted by Crippen LogP contribution is -2.68. The van der Waals surface area contributed by atoms with Gasteiger partial charge in [0.05, 0.1) is 40.5 Å². The number of carbonyl (C=O) groups is 2. The summed E-state index contributed by atoms with van der Waals surface area (Å²) in [6.07, 6.45) is 0.969. The number of hydrogen-bond acceptors (Lipinski definition) is 8. The van der Waals surface area contributed by atoms with Crippen molar-refractivity contribution in [1.82, 2.24) is 4.90 Å². The Balaban J connectivity index is 1.69. The highest BCUT2D eigenvalue weighted by atomic mass is 16.5. The van der Waals surface area contributed by atoms with Crippen molar-refractivity contribution >= 4 is 11.8 Å². The molecule has 1 saturated carbocycles. The molecule has 62 heavy (non-hydrogen) atoms. The predicted octanol–water partition coefficient (Wildman–Crippen LogP) is 7.60. The molecule has 0 radical (unpaired) electrons. The lowest BCUT2D eigenvalue weighted by molar-refractivity contribution is -0.172. The third kappa shape index (κ3) is 7.76. The van der Waals surface area contributed by atoms with Crippen molar-refractivity contribution in [3.63, 3.8) is 0 Å². The van der Waals surface area contributed by atoms with Crippen LogP contribution in [0, 0.1) is 5.41 Å². The summed E-state index contributed by atoms with van der Waals surface area (Å²) in [5, 5.41) is 28.9. The number of amides is 2. The average Bonchev–Trinajstić information content (AvgIpc) is 3.30.